The van der Waals surface area contributed by atoms with Gasteiger partial charge in [0.25, 0.3) is 0 Å². The predicted molar refractivity (Wildman–Crippen MR) is 100 cm³/mol. The van der Waals surface area contributed by atoms with Crippen LogP contribution in [0, 0.1) is 0 Å². The Labute approximate surface area is 138 Å². The second kappa shape index (κ2) is 7.70. The number of hydrogen-bond donors (Lipinski definition) is 1. The minimum Gasteiger partial charge on any atom is -0.346 e. The maximum absolute atomic E-state index is 11.4. The molecule has 0 saturated heterocycles. The van der Waals surface area contributed by atoms with Crippen LogP contribution in [0.3, 0.4) is 0 Å². The second-order valence-electron chi connectivity index (χ2n) is 5.21. The third-order valence-electron chi connectivity index (χ3n) is 3.60. The molecule has 0 saturated carbocycles. The van der Waals surface area contributed by atoms with E-state index in [1.54, 1.807) is 0 Å². The summed E-state index contributed by atoms with van der Waals surface area (Å²) in [5.74, 6) is 0. The zero-order chi connectivity index (χ0) is 16.1. The Hall–Kier alpha value is -1.72. The lowest BCUT2D eigenvalue weighted by Gasteiger charge is -2.22. The van der Waals surface area contributed by atoms with Gasteiger partial charge < -0.3 is 4.89 Å². The summed E-state index contributed by atoms with van der Waals surface area (Å²) in [5.41, 5.74) is 0.970. The molecule has 1 unspecified atom stereocenters. The lowest BCUT2D eigenvalue weighted by Crippen LogP contribution is -2.22. The third kappa shape index (κ3) is 3.98. The van der Waals surface area contributed by atoms with Crippen molar-refractivity contribution < 1.29 is 9.46 Å². The number of rotatable bonds is 5. The van der Waals surface area contributed by atoms with Gasteiger partial charge in [-0.05, 0) is 29.4 Å². The Kier molecular flexibility index (Phi) is 5.41. The number of hydrogen-bond acceptors (Lipinski definition) is 1. The molecule has 0 radical (unpaired) electrons. The summed E-state index contributed by atoms with van der Waals surface area (Å²) in [4.78, 5) is 9.41. The van der Waals surface area contributed by atoms with Crippen molar-refractivity contribution in [3.8, 4) is 0 Å². The molecule has 0 amide bonds. The fourth-order valence-corrected chi connectivity index (χ4v) is 5.88. The van der Waals surface area contributed by atoms with Gasteiger partial charge in [0.1, 0.15) is 0 Å². The Morgan fingerprint density at radius 1 is 0.739 bits per heavy atom. The first-order valence-corrected chi connectivity index (χ1v) is 10.4. The molecule has 1 N–H and O–H groups in total. The molecule has 0 aliphatic carbocycles. The smallest absolute Gasteiger partial charge is 0.193 e. The van der Waals surface area contributed by atoms with Crippen molar-refractivity contribution in [1.82, 2.24) is 0 Å². The number of benzene rings is 3. The summed E-state index contributed by atoms with van der Waals surface area (Å²) < 4.78 is 11.4. The standard InChI is InChI=1S/C19H18O2P2/c20-22(21)15-16-9-7-8-14-19(16)23(17-10-3-1-4-11-17)18-12-5-2-6-13-18/h1-14,22H,15H2,(H,20,21). The van der Waals surface area contributed by atoms with Gasteiger partial charge in [-0.25, -0.2) is 0 Å². The highest BCUT2D eigenvalue weighted by atomic mass is 31.1. The molecule has 0 heterocycles. The summed E-state index contributed by atoms with van der Waals surface area (Å²) in [6, 6.07) is 28.8. The van der Waals surface area contributed by atoms with Crippen molar-refractivity contribution in [2.24, 2.45) is 0 Å². The molecule has 3 aromatic rings. The van der Waals surface area contributed by atoms with E-state index in [0.717, 1.165) is 10.9 Å². The summed E-state index contributed by atoms with van der Waals surface area (Å²) in [7, 11) is -3.28. The van der Waals surface area contributed by atoms with E-state index in [0.29, 0.717) is 0 Å². The maximum atomic E-state index is 11.4. The van der Waals surface area contributed by atoms with Crippen molar-refractivity contribution in [3.63, 3.8) is 0 Å². The first kappa shape index (κ1) is 16.1. The van der Waals surface area contributed by atoms with E-state index >= 15 is 0 Å². The van der Waals surface area contributed by atoms with Crippen LogP contribution in [0.1, 0.15) is 5.56 Å². The average Bonchev–Trinajstić information content (AvgIpc) is 2.58. The summed E-state index contributed by atoms with van der Waals surface area (Å²) in [5, 5.41) is 3.66. The molecule has 3 rings (SSSR count). The molecule has 116 valence electrons. The Morgan fingerprint density at radius 3 is 1.74 bits per heavy atom. The van der Waals surface area contributed by atoms with Crippen molar-refractivity contribution in [1.29, 1.82) is 0 Å². The van der Waals surface area contributed by atoms with E-state index in [4.69, 9.17) is 0 Å². The van der Waals surface area contributed by atoms with Crippen LogP contribution in [0.5, 0.6) is 0 Å². The van der Waals surface area contributed by atoms with Gasteiger partial charge in [-0.3, -0.25) is 4.57 Å². The van der Waals surface area contributed by atoms with Crippen LogP contribution in [0.2, 0.25) is 0 Å². The van der Waals surface area contributed by atoms with Gasteiger partial charge in [0.15, 0.2) is 8.03 Å². The normalized spacial score (nSPS) is 12.3. The van der Waals surface area contributed by atoms with Crippen molar-refractivity contribution in [2.45, 2.75) is 6.16 Å². The largest absolute Gasteiger partial charge is 0.346 e. The van der Waals surface area contributed by atoms with E-state index in [2.05, 4.69) is 30.3 Å². The van der Waals surface area contributed by atoms with Crippen LogP contribution >= 0.6 is 15.9 Å². The molecule has 0 aromatic heterocycles. The maximum Gasteiger partial charge on any atom is 0.193 e. The molecule has 4 heteroatoms. The van der Waals surface area contributed by atoms with E-state index in [-0.39, 0.29) is 6.16 Å². The topological polar surface area (TPSA) is 37.3 Å². The molecular formula is C19H18O2P2. The zero-order valence-electron chi connectivity index (χ0n) is 12.6. The quantitative estimate of drug-likeness (QED) is 0.723. The molecule has 3 aromatic carbocycles. The summed E-state index contributed by atoms with van der Waals surface area (Å²) in [6.45, 7) is 0. The van der Waals surface area contributed by atoms with E-state index in [1.807, 2.05) is 54.6 Å². The molecule has 0 aliphatic heterocycles. The van der Waals surface area contributed by atoms with Gasteiger partial charge >= 0.3 is 0 Å². The lowest BCUT2D eigenvalue weighted by molar-refractivity contribution is 0.502. The van der Waals surface area contributed by atoms with Crippen LogP contribution in [-0.4, -0.2) is 4.89 Å². The second-order valence-corrected chi connectivity index (χ2v) is 8.53. The van der Waals surface area contributed by atoms with Crippen molar-refractivity contribution in [2.75, 3.05) is 0 Å². The molecule has 23 heavy (non-hydrogen) atoms. The van der Waals surface area contributed by atoms with Crippen LogP contribution in [-0.2, 0) is 10.7 Å². The van der Waals surface area contributed by atoms with Gasteiger partial charge in [0.2, 0.25) is 0 Å². The Morgan fingerprint density at radius 2 is 1.22 bits per heavy atom. The van der Waals surface area contributed by atoms with Gasteiger partial charge in [-0.2, -0.15) is 0 Å². The van der Waals surface area contributed by atoms with Gasteiger partial charge in [0.05, 0.1) is 0 Å². The summed E-state index contributed by atoms with van der Waals surface area (Å²) in [6.07, 6.45) is 0.235. The monoisotopic (exact) mass is 340 g/mol. The van der Waals surface area contributed by atoms with Crippen molar-refractivity contribution in [3.05, 3.63) is 90.5 Å². The first-order valence-electron chi connectivity index (χ1n) is 7.45. The average molecular weight is 340 g/mol. The molecular weight excluding hydrogens is 322 g/mol. The minimum absolute atomic E-state index is 0.235. The fraction of sp³-hybridized carbons (Fsp3) is 0.0526. The lowest BCUT2D eigenvalue weighted by atomic mass is 10.2. The summed E-state index contributed by atoms with van der Waals surface area (Å²) >= 11 is 0. The molecule has 1 atom stereocenters. The molecule has 0 spiro atoms. The van der Waals surface area contributed by atoms with Crippen LogP contribution < -0.4 is 15.9 Å². The van der Waals surface area contributed by atoms with Crippen molar-refractivity contribution >= 4 is 31.9 Å². The zero-order valence-corrected chi connectivity index (χ0v) is 14.5. The highest BCUT2D eigenvalue weighted by Crippen LogP contribution is 2.35. The highest BCUT2D eigenvalue weighted by Gasteiger charge is 2.19. The molecule has 2 nitrogen and oxygen atoms in total. The van der Waals surface area contributed by atoms with Crippen LogP contribution in [0.4, 0.5) is 0 Å². The molecule has 0 aliphatic rings. The van der Waals surface area contributed by atoms with Crippen LogP contribution in [0.25, 0.3) is 0 Å². The SMILES string of the molecule is O=[PH](O)Cc1ccccc1P(c1ccccc1)c1ccccc1. The molecule has 0 bridgehead atoms. The first-order chi connectivity index (χ1) is 11.3. The fourth-order valence-electron chi connectivity index (χ4n) is 2.62. The molecule has 0 fully saturated rings. The van der Waals surface area contributed by atoms with E-state index < -0.39 is 15.9 Å². The predicted octanol–water partition coefficient (Wildman–Crippen LogP) is 3.41. The van der Waals surface area contributed by atoms with Gasteiger partial charge in [-0.15, -0.1) is 0 Å². The van der Waals surface area contributed by atoms with Gasteiger partial charge in [-0.1, -0.05) is 84.9 Å². The van der Waals surface area contributed by atoms with E-state index in [1.165, 1.54) is 10.6 Å². The van der Waals surface area contributed by atoms with Gasteiger partial charge in [0, 0.05) is 6.16 Å². The minimum atomic E-state index is -2.54. The van der Waals surface area contributed by atoms with E-state index in [9.17, 15) is 9.46 Å². The highest BCUT2D eigenvalue weighted by molar-refractivity contribution is 7.80. The third-order valence-corrected chi connectivity index (χ3v) is 6.83. The van der Waals surface area contributed by atoms with Crippen LogP contribution in [0.15, 0.2) is 84.9 Å². The Bertz CT molecular complexity index is 749. The Balaban J connectivity index is 2.15.